The van der Waals surface area contributed by atoms with Crippen LogP contribution in [0.4, 0.5) is 0 Å². The lowest BCUT2D eigenvalue weighted by Crippen LogP contribution is -2.01. The van der Waals surface area contributed by atoms with E-state index in [-0.39, 0.29) is 5.56 Å². The number of hydrogen-bond donors (Lipinski definition) is 1. The largest absolute Gasteiger partial charge is 0.494 e. The average Bonchev–Trinajstić information content (AvgIpc) is 2.37. The number of hydrogen-bond acceptors (Lipinski definition) is 3. The van der Waals surface area contributed by atoms with Crippen LogP contribution >= 0.6 is 11.8 Å². The summed E-state index contributed by atoms with van der Waals surface area (Å²) < 4.78 is 5.55. The van der Waals surface area contributed by atoms with E-state index in [1.807, 2.05) is 11.8 Å². The minimum Gasteiger partial charge on any atom is -0.494 e. The Bertz CT molecular complexity index is 391. The van der Waals surface area contributed by atoms with Crippen LogP contribution in [0.5, 0.6) is 5.75 Å². The fourth-order valence-corrected chi connectivity index (χ4v) is 2.66. The van der Waals surface area contributed by atoms with E-state index in [9.17, 15) is 4.79 Å². The van der Waals surface area contributed by atoms with Gasteiger partial charge in [0, 0.05) is 0 Å². The second kappa shape index (κ2) is 8.86. The van der Waals surface area contributed by atoms with Crippen LogP contribution in [0.25, 0.3) is 0 Å². The molecule has 0 amide bonds. The molecule has 4 heteroatoms. The minimum atomic E-state index is -0.922. The second-order valence-electron chi connectivity index (χ2n) is 4.83. The number of rotatable bonds is 9. The summed E-state index contributed by atoms with van der Waals surface area (Å²) in [4.78, 5) is 10.8. The topological polar surface area (TPSA) is 46.5 Å². The van der Waals surface area contributed by atoms with Gasteiger partial charge in [-0.1, -0.05) is 19.9 Å². The summed E-state index contributed by atoms with van der Waals surface area (Å²) in [6.07, 6.45) is 2.24. The fraction of sp³-hybridized carbons (Fsp3) is 0.533. The Kier molecular flexibility index (Phi) is 7.41. The van der Waals surface area contributed by atoms with Gasteiger partial charge in [-0.2, -0.15) is 11.8 Å². The van der Waals surface area contributed by atoms with Crippen LogP contribution in [-0.2, 0) is 0 Å². The highest BCUT2D eigenvalue weighted by atomic mass is 32.2. The van der Waals surface area contributed by atoms with Gasteiger partial charge in [0.2, 0.25) is 0 Å². The van der Waals surface area contributed by atoms with Crippen molar-refractivity contribution < 1.29 is 14.6 Å². The molecule has 0 aliphatic heterocycles. The average molecular weight is 282 g/mol. The molecule has 0 saturated carbocycles. The van der Waals surface area contributed by atoms with E-state index in [2.05, 4.69) is 13.8 Å². The Morgan fingerprint density at radius 2 is 2.16 bits per heavy atom. The van der Waals surface area contributed by atoms with E-state index < -0.39 is 5.97 Å². The monoisotopic (exact) mass is 282 g/mol. The molecule has 0 heterocycles. The number of carbonyl (C=O) groups is 1. The molecule has 0 aliphatic carbocycles. The zero-order valence-electron chi connectivity index (χ0n) is 11.6. The maximum atomic E-state index is 10.8. The standard InChI is InChI=1S/C15H22O3S/c1-12(2)7-10-19-9-4-8-18-14-6-3-5-13(11-14)15(16)17/h3,5-6,11-12H,4,7-10H2,1-2H3,(H,16,17). The lowest BCUT2D eigenvalue weighted by atomic mass is 10.2. The Balaban J connectivity index is 2.15. The second-order valence-corrected chi connectivity index (χ2v) is 6.05. The summed E-state index contributed by atoms with van der Waals surface area (Å²) in [5, 5.41) is 8.86. The Hall–Kier alpha value is -1.16. The quantitative estimate of drug-likeness (QED) is 0.697. The molecule has 1 N–H and O–H groups in total. The summed E-state index contributed by atoms with van der Waals surface area (Å²) in [6.45, 7) is 5.11. The Morgan fingerprint density at radius 1 is 1.37 bits per heavy atom. The Morgan fingerprint density at radius 3 is 2.84 bits per heavy atom. The fourth-order valence-electron chi connectivity index (χ4n) is 1.49. The number of carboxylic acids is 1. The number of aromatic carboxylic acids is 1. The molecular weight excluding hydrogens is 260 g/mol. The Labute approximate surface area is 119 Å². The van der Waals surface area contributed by atoms with E-state index in [1.54, 1.807) is 24.3 Å². The molecule has 0 spiro atoms. The highest BCUT2D eigenvalue weighted by Gasteiger charge is 2.03. The zero-order chi connectivity index (χ0) is 14.1. The third-order valence-corrected chi connectivity index (χ3v) is 3.72. The predicted octanol–water partition coefficient (Wildman–Crippen LogP) is 3.93. The first-order valence-electron chi connectivity index (χ1n) is 6.63. The molecule has 0 fully saturated rings. The third kappa shape index (κ3) is 7.11. The summed E-state index contributed by atoms with van der Waals surface area (Å²) in [6, 6.07) is 6.62. The molecule has 0 atom stereocenters. The van der Waals surface area contributed by atoms with Gasteiger partial charge in [0.15, 0.2) is 0 Å². The van der Waals surface area contributed by atoms with E-state index >= 15 is 0 Å². The predicted molar refractivity (Wildman–Crippen MR) is 80.3 cm³/mol. The van der Waals surface area contributed by atoms with Crippen LogP contribution in [0.2, 0.25) is 0 Å². The summed E-state index contributed by atoms with van der Waals surface area (Å²) in [5.41, 5.74) is 0.267. The molecule has 19 heavy (non-hydrogen) atoms. The normalized spacial score (nSPS) is 10.7. The minimum absolute atomic E-state index is 0.267. The highest BCUT2D eigenvalue weighted by Crippen LogP contribution is 2.14. The van der Waals surface area contributed by atoms with Gasteiger partial charge < -0.3 is 9.84 Å². The summed E-state index contributed by atoms with van der Waals surface area (Å²) in [5.74, 6) is 2.77. The zero-order valence-corrected chi connectivity index (χ0v) is 12.4. The van der Waals surface area contributed by atoms with Crippen LogP contribution < -0.4 is 4.74 Å². The molecule has 0 unspecified atom stereocenters. The molecule has 1 aromatic carbocycles. The molecule has 0 aromatic heterocycles. The van der Waals surface area contributed by atoms with Crippen molar-refractivity contribution >= 4 is 17.7 Å². The first-order chi connectivity index (χ1) is 9.09. The van der Waals surface area contributed by atoms with Crippen LogP contribution in [0.15, 0.2) is 24.3 Å². The van der Waals surface area contributed by atoms with Crippen molar-refractivity contribution in [2.24, 2.45) is 5.92 Å². The van der Waals surface area contributed by atoms with Gasteiger partial charge >= 0.3 is 5.97 Å². The van der Waals surface area contributed by atoms with Gasteiger partial charge in [-0.15, -0.1) is 0 Å². The van der Waals surface area contributed by atoms with Crippen LogP contribution in [0, 0.1) is 5.92 Å². The molecule has 0 saturated heterocycles. The summed E-state index contributed by atoms with van der Waals surface area (Å²) in [7, 11) is 0. The van der Waals surface area contributed by atoms with Crippen molar-refractivity contribution in [2.45, 2.75) is 26.7 Å². The van der Waals surface area contributed by atoms with Crippen molar-refractivity contribution in [3.05, 3.63) is 29.8 Å². The van der Waals surface area contributed by atoms with E-state index in [4.69, 9.17) is 9.84 Å². The third-order valence-electron chi connectivity index (χ3n) is 2.62. The van der Waals surface area contributed by atoms with Gasteiger partial charge in [0.1, 0.15) is 5.75 Å². The van der Waals surface area contributed by atoms with Crippen molar-refractivity contribution in [1.82, 2.24) is 0 Å². The molecule has 1 aromatic rings. The van der Waals surface area contributed by atoms with Crippen LogP contribution in [0.1, 0.15) is 37.0 Å². The lowest BCUT2D eigenvalue weighted by molar-refractivity contribution is 0.0696. The van der Waals surface area contributed by atoms with Crippen LogP contribution in [-0.4, -0.2) is 29.2 Å². The molecule has 0 radical (unpaired) electrons. The van der Waals surface area contributed by atoms with Crippen molar-refractivity contribution in [1.29, 1.82) is 0 Å². The van der Waals surface area contributed by atoms with Gasteiger partial charge in [-0.05, 0) is 48.5 Å². The van der Waals surface area contributed by atoms with Gasteiger partial charge in [0.25, 0.3) is 0 Å². The first-order valence-corrected chi connectivity index (χ1v) is 7.79. The number of ether oxygens (including phenoxy) is 1. The SMILES string of the molecule is CC(C)CCSCCCOc1cccc(C(=O)O)c1. The smallest absolute Gasteiger partial charge is 0.335 e. The maximum Gasteiger partial charge on any atom is 0.335 e. The summed E-state index contributed by atoms with van der Waals surface area (Å²) >= 11 is 1.95. The molecular formula is C15H22O3S. The van der Waals surface area contributed by atoms with Crippen molar-refractivity contribution in [2.75, 3.05) is 18.1 Å². The van der Waals surface area contributed by atoms with Gasteiger partial charge in [-0.25, -0.2) is 4.79 Å². The van der Waals surface area contributed by atoms with Crippen molar-refractivity contribution in [3.8, 4) is 5.75 Å². The number of benzene rings is 1. The van der Waals surface area contributed by atoms with Gasteiger partial charge in [-0.3, -0.25) is 0 Å². The van der Waals surface area contributed by atoms with Crippen molar-refractivity contribution in [3.63, 3.8) is 0 Å². The van der Waals surface area contributed by atoms with E-state index in [0.29, 0.717) is 12.4 Å². The van der Waals surface area contributed by atoms with Gasteiger partial charge in [0.05, 0.1) is 12.2 Å². The highest BCUT2D eigenvalue weighted by molar-refractivity contribution is 7.99. The lowest BCUT2D eigenvalue weighted by Gasteiger charge is -2.07. The van der Waals surface area contributed by atoms with Crippen LogP contribution in [0.3, 0.4) is 0 Å². The first kappa shape index (κ1) is 15.9. The maximum absolute atomic E-state index is 10.8. The number of carboxylic acid groups (broad SMARTS) is 1. The molecule has 106 valence electrons. The molecule has 0 bridgehead atoms. The molecule has 0 aliphatic rings. The molecule has 3 nitrogen and oxygen atoms in total. The molecule has 1 rings (SSSR count). The van der Waals surface area contributed by atoms with E-state index in [0.717, 1.165) is 18.1 Å². The number of thioether (sulfide) groups is 1. The van der Waals surface area contributed by atoms with E-state index in [1.165, 1.54) is 12.2 Å².